The van der Waals surface area contributed by atoms with Gasteiger partial charge >= 0.3 is 6.18 Å². The number of rotatable bonds is 2. The van der Waals surface area contributed by atoms with Gasteiger partial charge in [-0.25, -0.2) is 0 Å². The summed E-state index contributed by atoms with van der Waals surface area (Å²) in [5.74, 6) is -0.863. The van der Waals surface area contributed by atoms with Gasteiger partial charge in [-0.2, -0.15) is 18.4 Å². The first-order chi connectivity index (χ1) is 8.47. The molecular formula is C9H6F3N5O. The summed E-state index contributed by atoms with van der Waals surface area (Å²) in [4.78, 5) is 11.4. The molecule has 1 aromatic carbocycles. The predicted molar refractivity (Wildman–Crippen MR) is 53.6 cm³/mol. The molecule has 2 N–H and O–H groups in total. The van der Waals surface area contributed by atoms with E-state index < -0.39 is 17.6 Å². The van der Waals surface area contributed by atoms with Crippen molar-refractivity contribution < 1.29 is 18.0 Å². The zero-order valence-corrected chi connectivity index (χ0v) is 8.69. The van der Waals surface area contributed by atoms with E-state index in [4.69, 9.17) is 0 Å². The van der Waals surface area contributed by atoms with Crippen LogP contribution in [0.2, 0.25) is 0 Å². The van der Waals surface area contributed by atoms with Crippen molar-refractivity contribution in [3.63, 3.8) is 0 Å². The van der Waals surface area contributed by atoms with Gasteiger partial charge in [0.15, 0.2) is 0 Å². The molecule has 94 valence electrons. The third-order valence-corrected chi connectivity index (χ3v) is 2.02. The molecule has 1 heterocycles. The van der Waals surface area contributed by atoms with Gasteiger partial charge < -0.3 is 5.32 Å². The summed E-state index contributed by atoms with van der Waals surface area (Å²) in [5, 5.41) is 14.5. The first kappa shape index (κ1) is 12.0. The van der Waals surface area contributed by atoms with Gasteiger partial charge in [0.2, 0.25) is 0 Å². The summed E-state index contributed by atoms with van der Waals surface area (Å²) in [6.45, 7) is 0. The second-order valence-electron chi connectivity index (χ2n) is 3.26. The topological polar surface area (TPSA) is 83.6 Å². The lowest BCUT2D eigenvalue weighted by atomic mass is 10.2. The maximum atomic E-state index is 12.3. The number of benzene rings is 1. The molecule has 0 radical (unpaired) electrons. The standard InChI is InChI=1S/C9H6F3N5O/c10-9(11,12)5-1-3-6(4-2-5)13-8(18)7-14-16-17-15-7/h1-4H,(H,13,18)(H,14,15,16,17). The molecule has 1 aromatic heterocycles. The van der Waals surface area contributed by atoms with E-state index in [0.29, 0.717) is 0 Å². The third kappa shape index (κ3) is 2.62. The maximum absolute atomic E-state index is 12.3. The zero-order valence-electron chi connectivity index (χ0n) is 8.69. The second kappa shape index (κ2) is 4.43. The summed E-state index contributed by atoms with van der Waals surface area (Å²) < 4.78 is 36.9. The molecule has 9 heteroatoms. The van der Waals surface area contributed by atoms with Crippen molar-refractivity contribution >= 4 is 11.6 Å². The lowest BCUT2D eigenvalue weighted by Crippen LogP contribution is -2.14. The van der Waals surface area contributed by atoms with Crippen LogP contribution in [-0.4, -0.2) is 26.5 Å². The Balaban J connectivity index is 2.09. The van der Waals surface area contributed by atoms with Crippen LogP contribution in [0.15, 0.2) is 24.3 Å². The molecule has 0 atom stereocenters. The summed E-state index contributed by atoms with van der Waals surface area (Å²) in [6.07, 6.45) is -4.41. The average molecular weight is 257 g/mol. The molecule has 18 heavy (non-hydrogen) atoms. The van der Waals surface area contributed by atoms with E-state index in [-0.39, 0.29) is 11.5 Å². The number of alkyl halides is 3. The number of carbonyl (C=O) groups excluding carboxylic acids is 1. The van der Waals surface area contributed by atoms with Crippen molar-refractivity contribution in [2.45, 2.75) is 6.18 Å². The molecular weight excluding hydrogens is 251 g/mol. The van der Waals surface area contributed by atoms with Crippen LogP contribution in [-0.2, 0) is 6.18 Å². The minimum atomic E-state index is -4.41. The number of hydrogen-bond donors (Lipinski definition) is 2. The molecule has 0 unspecified atom stereocenters. The Morgan fingerprint density at radius 3 is 2.39 bits per heavy atom. The number of anilines is 1. The molecule has 6 nitrogen and oxygen atoms in total. The van der Waals surface area contributed by atoms with Crippen LogP contribution in [0, 0.1) is 0 Å². The molecule has 0 aliphatic heterocycles. The monoisotopic (exact) mass is 257 g/mol. The fraction of sp³-hybridized carbons (Fsp3) is 0.111. The van der Waals surface area contributed by atoms with Gasteiger partial charge in [-0.05, 0) is 29.5 Å². The minimum Gasteiger partial charge on any atom is -0.319 e. The number of H-pyrrole nitrogens is 1. The van der Waals surface area contributed by atoms with E-state index in [1.54, 1.807) is 0 Å². The van der Waals surface area contributed by atoms with E-state index in [9.17, 15) is 18.0 Å². The highest BCUT2D eigenvalue weighted by molar-refractivity contribution is 6.01. The van der Waals surface area contributed by atoms with Gasteiger partial charge in [-0.1, -0.05) is 0 Å². The average Bonchev–Trinajstić information content (AvgIpc) is 2.82. The van der Waals surface area contributed by atoms with E-state index in [1.165, 1.54) is 0 Å². The Morgan fingerprint density at radius 1 is 1.22 bits per heavy atom. The largest absolute Gasteiger partial charge is 0.416 e. The summed E-state index contributed by atoms with van der Waals surface area (Å²) in [5.41, 5.74) is -0.585. The van der Waals surface area contributed by atoms with Crippen LogP contribution in [0.3, 0.4) is 0 Å². The van der Waals surface area contributed by atoms with Gasteiger partial charge in [0.25, 0.3) is 11.7 Å². The quantitative estimate of drug-likeness (QED) is 0.853. The summed E-state index contributed by atoms with van der Waals surface area (Å²) in [7, 11) is 0. The molecule has 0 saturated heterocycles. The van der Waals surface area contributed by atoms with Crippen LogP contribution in [0.5, 0.6) is 0 Å². The Morgan fingerprint density at radius 2 is 1.89 bits per heavy atom. The number of nitrogens with zero attached hydrogens (tertiary/aromatic N) is 3. The van der Waals surface area contributed by atoms with Crippen molar-refractivity contribution in [3.8, 4) is 0 Å². The van der Waals surface area contributed by atoms with Gasteiger partial charge in [0, 0.05) is 5.69 Å². The Labute approximate surface area is 98.2 Å². The summed E-state index contributed by atoms with van der Waals surface area (Å²) >= 11 is 0. The molecule has 0 bridgehead atoms. The molecule has 1 amide bonds. The molecule has 0 aliphatic rings. The molecule has 0 saturated carbocycles. The van der Waals surface area contributed by atoms with Crippen molar-refractivity contribution in [3.05, 3.63) is 35.7 Å². The number of hydrogen-bond acceptors (Lipinski definition) is 4. The SMILES string of the molecule is O=C(Nc1ccc(C(F)(F)F)cc1)c1nn[nH]n1. The predicted octanol–water partition coefficient (Wildman–Crippen LogP) is 1.47. The normalized spacial score (nSPS) is 11.3. The van der Waals surface area contributed by atoms with E-state index >= 15 is 0 Å². The summed E-state index contributed by atoms with van der Waals surface area (Å²) in [6, 6.07) is 4.01. The molecule has 2 rings (SSSR count). The van der Waals surface area contributed by atoms with E-state index in [2.05, 4.69) is 25.9 Å². The minimum absolute atomic E-state index is 0.199. The van der Waals surface area contributed by atoms with Crippen LogP contribution >= 0.6 is 0 Å². The Hall–Kier alpha value is -2.45. The van der Waals surface area contributed by atoms with Gasteiger partial charge in [0.05, 0.1) is 5.56 Å². The van der Waals surface area contributed by atoms with Gasteiger partial charge in [-0.3, -0.25) is 4.79 Å². The van der Waals surface area contributed by atoms with Crippen LogP contribution < -0.4 is 5.32 Å². The van der Waals surface area contributed by atoms with Crippen LogP contribution in [0.1, 0.15) is 16.2 Å². The highest BCUT2D eigenvalue weighted by Gasteiger charge is 2.30. The first-order valence-electron chi connectivity index (χ1n) is 4.69. The molecule has 0 spiro atoms. The Kier molecular flexibility index (Phi) is 2.96. The fourth-order valence-corrected chi connectivity index (χ4v) is 1.19. The fourth-order valence-electron chi connectivity index (χ4n) is 1.19. The maximum Gasteiger partial charge on any atom is 0.416 e. The van der Waals surface area contributed by atoms with Crippen molar-refractivity contribution in [1.29, 1.82) is 0 Å². The van der Waals surface area contributed by atoms with Crippen LogP contribution in [0.25, 0.3) is 0 Å². The number of carbonyl (C=O) groups is 1. The highest BCUT2D eigenvalue weighted by atomic mass is 19.4. The molecule has 0 fully saturated rings. The highest BCUT2D eigenvalue weighted by Crippen LogP contribution is 2.29. The molecule has 2 aromatic rings. The number of aromatic amines is 1. The smallest absolute Gasteiger partial charge is 0.319 e. The third-order valence-electron chi connectivity index (χ3n) is 2.02. The van der Waals surface area contributed by atoms with E-state index in [1.807, 2.05) is 0 Å². The number of amides is 1. The van der Waals surface area contributed by atoms with Gasteiger partial charge in [0.1, 0.15) is 0 Å². The number of nitrogens with one attached hydrogen (secondary N) is 2. The first-order valence-corrected chi connectivity index (χ1v) is 4.69. The number of tetrazole rings is 1. The van der Waals surface area contributed by atoms with Crippen molar-refractivity contribution in [2.75, 3.05) is 5.32 Å². The van der Waals surface area contributed by atoms with Crippen molar-refractivity contribution in [2.24, 2.45) is 0 Å². The van der Waals surface area contributed by atoms with Crippen LogP contribution in [0.4, 0.5) is 18.9 Å². The Bertz CT molecular complexity index is 534. The van der Waals surface area contributed by atoms with Gasteiger partial charge in [-0.15, -0.1) is 10.2 Å². The van der Waals surface area contributed by atoms with E-state index in [0.717, 1.165) is 24.3 Å². The molecule has 0 aliphatic carbocycles. The lowest BCUT2D eigenvalue weighted by Gasteiger charge is -2.07. The second-order valence-corrected chi connectivity index (χ2v) is 3.26. The number of aromatic nitrogens is 4. The van der Waals surface area contributed by atoms with Crippen molar-refractivity contribution in [1.82, 2.24) is 20.6 Å². The lowest BCUT2D eigenvalue weighted by molar-refractivity contribution is -0.137. The number of halogens is 3. The zero-order chi connectivity index (χ0) is 13.2.